The number of nitrogens with zero attached hydrogens (tertiary/aromatic N) is 1. The zero-order valence-corrected chi connectivity index (χ0v) is 9.49. The second-order valence-electron chi connectivity index (χ2n) is 2.94. The molecule has 0 fully saturated rings. The first-order valence-electron chi connectivity index (χ1n) is 4.33. The van der Waals surface area contributed by atoms with E-state index in [0.717, 1.165) is 0 Å². The summed E-state index contributed by atoms with van der Waals surface area (Å²) in [5.74, 6) is -1.60. The second kappa shape index (κ2) is 6.99. The molecule has 0 saturated carbocycles. The number of aromatic amines is 1. The van der Waals surface area contributed by atoms with Crippen LogP contribution in [-0.2, 0) is 33.1 Å². The Hall–Kier alpha value is -1.37. The van der Waals surface area contributed by atoms with Crippen molar-refractivity contribution in [1.29, 1.82) is 0 Å². The third-order valence-corrected chi connectivity index (χ3v) is 1.80. The number of carbonyl (C=O) groups is 2. The topological polar surface area (TPSA) is 121 Å². The fourth-order valence-electron chi connectivity index (χ4n) is 1.07. The largest absolute Gasteiger partial charge is 0.480 e. The summed E-state index contributed by atoms with van der Waals surface area (Å²) in [5.41, 5.74) is 5.71. The maximum absolute atomic E-state index is 10.9. The number of amides is 1. The Morgan fingerprint density at radius 3 is 2.75 bits per heavy atom. The summed E-state index contributed by atoms with van der Waals surface area (Å²) in [6.45, 7) is -0.229. The molecule has 1 unspecified atom stereocenters. The molecule has 8 heteroatoms. The maximum atomic E-state index is 10.9. The summed E-state index contributed by atoms with van der Waals surface area (Å²) in [6, 6.07) is -0.985. The first kappa shape index (κ1) is 14.6. The van der Waals surface area contributed by atoms with Gasteiger partial charge in [-0.2, -0.15) is 0 Å². The van der Waals surface area contributed by atoms with E-state index in [0.29, 0.717) is 5.69 Å². The summed E-state index contributed by atoms with van der Waals surface area (Å²) < 4.78 is 0. The molecule has 0 aromatic carbocycles. The van der Waals surface area contributed by atoms with Crippen LogP contribution < -0.4 is 11.1 Å². The van der Waals surface area contributed by atoms with Crippen LogP contribution in [-0.4, -0.2) is 39.5 Å². The number of hydrogen-bond donors (Lipinski definition) is 4. The van der Waals surface area contributed by atoms with Gasteiger partial charge in [0.25, 0.3) is 0 Å². The van der Waals surface area contributed by atoms with E-state index >= 15 is 0 Å². The van der Waals surface area contributed by atoms with Crippen LogP contribution in [0.2, 0.25) is 0 Å². The van der Waals surface area contributed by atoms with Crippen molar-refractivity contribution < 1.29 is 31.8 Å². The second-order valence-corrected chi connectivity index (χ2v) is 2.94. The van der Waals surface area contributed by atoms with E-state index in [1.165, 1.54) is 12.5 Å². The summed E-state index contributed by atoms with van der Waals surface area (Å²) >= 11 is 0. The van der Waals surface area contributed by atoms with Crippen molar-refractivity contribution in [2.24, 2.45) is 5.73 Å². The van der Waals surface area contributed by atoms with Gasteiger partial charge in [-0.1, -0.05) is 0 Å². The van der Waals surface area contributed by atoms with Crippen LogP contribution >= 0.6 is 0 Å². The molecule has 1 rings (SSSR count). The molecule has 1 aromatic rings. The van der Waals surface area contributed by atoms with Crippen molar-refractivity contribution in [2.45, 2.75) is 12.5 Å². The molecule has 0 bridgehead atoms. The van der Waals surface area contributed by atoms with Crippen LogP contribution in [0.5, 0.6) is 0 Å². The number of aliphatic carboxylic acids is 1. The molecule has 5 N–H and O–H groups in total. The normalized spacial score (nSPS) is 11.3. The third-order valence-electron chi connectivity index (χ3n) is 1.80. The van der Waals surface area contributed by atoms with E-state index in [4.69, 9.17) is 10.8 Å². The first-order chi connectivity index (χ1) is 7.13. The molecule has 89 valence electrons. The zero-order valence-electron chi connectivity index (χ0n) is 8.31. The van der Waals surface area contributed by atoms with Crippen LogP contribution in [0.3, 0.4) is 0 Å². The third kappa shape index (κ3) is 4.43. The van der Waals surface area contributed by atoms with E-state index in [-0.39, 0.29) is 30.0 Å². The number of H-pyrrole nitrogens is 1. The monoisotopic (exact) mass is 267 g/mol. The van der Waals surface area contributed by atoms with Gasteiger partial charge >= 0.3 is 5.97 Å². The standard InChI is InChI=1S/C8H12N4O3.Mn/c9-2-7(13)12-6(8(14)15)1-5-3-10-4-11-5;/h3-4,6H,1-2,9H2,(H,10,11)(H,12,13)(H,14,15);. The Bertz CT molecular complexity index is 341. The van der Waals surface area contributed by atoms with Gasteiger partial charge in [0.05, 0.1) is 12.9 Å². The van der Waals surface area contributed by atoms with Crippen LogP contribution in [0, 0.1) is 0 Å². The Morgan fingerprint density at radius 2 is 2.31 bits per heavy atom. The molecule has 1 atom stereocenters. The molecule has 1 amide bonds. The summed E-state index contributed by atoms with van der Waals surface area (Å²) in [4.78, 5) is 28.2. The molecule has 1 heterocycles. The van der Waals surface area contributed by atoms with Crippen LogP contribution in [0.1, 0.15) is 5.69 Å². The van der Waals surface area contributed by atoms with Crippen molar-refractivity contribution in [1.82, 2.24) is 15.3 Å². The molecule has 0 aliphatic carbocycles. The van der Waals surface area contributed by atoms with Gasteiger partial charge in [-0.25, -0.2) is 9.78 Å². The van der Waals surface area contributed by atoms with E-state index in [9.17, 15) is 9.59 Å². The Balaban J connectivity index is 0.00000225. The van der Waals surface area contributed by atoms with Crippen molar-refractivity contribution in [3.05, 3.63) is 18.2 Å². The van der Waals surface area contributed by atoms with Crippen molar-refractivity contribution in [2.75, 3.05) is 6.54 Å². The molecular formula is C8H12MnN4O3. The van der Waals surface area contributed by atoms with E-state index in [1.54, 1.807) is 0 Å². The predicted octanol–water partition coefficient (Wildman–Crippen LogP) is -1.52. The minimum absolute atomic E-state index is 0. The van der Waals surface area contributed by atoms with Crippen LogP contribution in [0.25, 0.3) is 0 Å². The van der Waals surface area contributed by atoms with Gasteiger partial charge in [0, 0.05) is 35.4 Å². The summed E-state index contributed by atoms with van der Waals surface area (Å²) in [5, 5.41) is 11.1. The molecule has 1 aromatic heterocycles. The van der Waals surface area contributed by atoms with Gasteiger partial charge in [-0.15, -0.1) is 0 Å². The fourth-order valence-corrected chi connectivity index (χ4v) is 1.07. The molecule has 0 aliphatic heterocycles. The van der Waals surface area contributed by atoms with Gasteiger partial charge in [0.2, 0.25) is 5.91 Å². The predicted molar refractivity (Wildman–Crippen MR) is 50.9 cm³/mol. The van der Waals surface area contributed by atoms with E-state index < -0.39 is 17.9 Å². The molecule has 16 heavy (non-hydrogen) atoms. The quantitative estimate of drug-likeness (QED) is 0.483. The Kier molecular flexibility index (Phi) is 6.40. The number of imidazole rings is 1. The number of nitrogens with one attached hydrogen (secondary N) is 2. The number of rotatable bonds is 5. The summed E-state index contributed by atoms with van der Waals surface area (Å²) in [6.07, 6.45) is 3.10. The van der Waals surface area contributed by atoms with Crippen LogP contribution in [0.4, 0.5) is 0 Å². The summed E-state index contributed by atoms with van der Waals surface area (Å²) in [7, 11) is 0. The SMILES string of the molecule is NCC(=O)NC(Cc1cnc[nH]1)C(=O)O.[Mn]. The van der Waals surface area contributed by atoms with Gasteiger partial charge in [0.15, 0.2) is 0 Å². The average molecular weight is 267 g/mol. The van der Waals surface area contributed by atoms with Crippen molar-refractivity contribution in [3.63, 3.8) is 0 Å². The maximum Gasteiger partial charge on any atom is 0.326 e. The fraction of sp³-hybridized carbons (Fsp3) is 0.375. The molecular weight excluding hydrogens is 255 g/mol. The van der Waals surface area contributed by atoms with Crippen molar-refractivity contribution >= 4 is 11.9 Å². The van der Waals surface area contributed by atoms with Crippen LogP contribution in [0.15, 0.2) is 12.5 Å². The first-order valence-corrected chi connectivity index (χ1v) is 4.33. The van der Waals surface area contributed by atoms with Crippen molar-refractivity contribution in [3.8, 4) is 0 Å². The van der Waals surface area contributed by atoms with Gasteiger partial charge in [-0.3, -0.25) is 4.79 Å². The molecule has 1 radical (unpaired) electrons. The molecule has 0 aliphatic rings. The van der Waals surface area contributed by atoms with E-state index in [1.807, 2.05) is 0 Å². The number of carbonyl (C=O) groups excluding carboxylic acids is 1. The molecule has 0 saturated heterocycles. The molecule has 0 spiro atoms. The minimum Gasteiger partial charge on any atom is -0.480 e. The number of carboxylic acids is 1. The molecule has 7 nitrogen and oxygen atoms in total. The van der Waals surface area contributed by atoms with E-state index in [2.05, 4.69) is 15.3 Å². The zero-order chi connectivity index (χ0) is 11.3. The number of hydrogen-bond acceptors (Lipinski definition) is 4. The average Bonchev–Trinajstić information content (AvgIpc) is 2.69. The Morgan fingerprint density at radius 1 is 1.62 bits per heavy atom. The van der Waals surface area contributed by atoms with Gasteiger partial charge < -0.3 is 21.1 Å². The van der Waals surface area contributed by atoms with Gasteiger partial charge in [0.1, 0.15) is 6.04 Å². The van der Waals surface area contributed by atoms with Gasteiger partial charge in [-0.05, 0) is 0 Å². The smallest absolute Gasteiger partial charge is 0.326 e. The number of carboxylic acid groups (broad SMARTS) is 1. The Labute approximate surface area is 102 Å². The minimum atomic E-state index is -1.11. The number of aromatic nitrogens is 2. The number of nitrogens with two attached hydrogens (primary N) is 1.